The Kier molecular flexibility index (Phi) is 3.79. The third kappa shape index (κ3) is 3.17. The number of hydrogen-bond acceptors (Lipinski definition) is 5. The number of fused-ring (bicyclic) bond motifs is 1. The van der Waals surface area contributed by atoms with Gasteiger partial charge >= 0.3 is 6.09 Å². The monoisotopic (exact) mass is 299 g/mol. The van der Waals surface area contributed by atoms with Gasteiger partial charge in [0.05, 0.1) is 16.3 Å². The molecule has 0 aliphatic heterocycles. The van der Waals surface area contributed by atoms with Crippen molar-refractivity contribution in [2.45, 2.75) is 13.0 Å². The van der Waals surface area contributed by atoms with Crippen LogP contribution < -0.4 is 10.1 Å². The quantitative estimate of drug-likeness (QED) is 0.803. The number of ether oxygens (including phenoxy) is 1. The van der Waals surface area contributed by atoms with Crippen LogP contribution in [0.15, 0.2) is 48.8 Å². The van der Waals surface area contributed by atoms with Crippen LogP contribution in [0.1, 0.15) is 18.5 Å². The zero-order chi connectivity index (χ0) is 14.7. The molecule has 5 nitrogen and oxygen atoms in total. The summed E-state index contributed by atoms with van der Waals surface area (Å²) in [4.78, 5) is 20.1. The smallest absolute Gasteiger partial charge is 0.381 e. The number of benzene rings is 1. The van der Waals surface area contributed by atoms with Crippen LogP contribution >= 0.6 is 11.3 Å². The molecule has 1 aromatic carbocycles. The molecule has 6 heteroatoms. The Morgan fingerprint density at radius 3 is 2.86 bits per heavy atom. The van der Waals surface area contributed by atoms with E-state index in [1.54, 1.807) is 18.5 Å². The van der Waals surface area contributed by atoms with Crippen molar-refractivity contribution in [1.29, 1.82) is 0 Å². The molecule has 0 aliphatic carbocycles. The highest BCUT2D eigenvalue weighted by molar-refractivity contribution is 7.20. The van der Waals surface area contributed by atoms with Crippen LogP contribution in [0, 0.1) is 0 Å². The minimum absolute atomic E-state index is 0.130. The average molecular weight is 299 g/mol. The Morgan fingerprint density at radius 2 is 2.10 bits per heavy atom. The molecule has 0 aliphatic rings. The minimum Gasteiger partial charge on any atom is -0.381 e. The highest BCUT2D eigenvalue weighted by atomic mass is 32.1. The molecular formula is C15H13N3O2S. The molecule has 0 saturated carbocycles. The van der Waals surface area contributed by atoms with Crippen LogP contribution in [0.25, 0.3) is 10.2 Å². The van der Waals surface area contributed by atoms with Crippen LogP contribution in [-0.4, -0.2) is 16.1 Å². The van der Waals surface area contributed by atoms with Crippen molar-refractivity contribution in [3.63, 3.8) is 0 Å². The van der Waals surface area contributed by atoms with E-state index in [2.05, 4.69) is 15.3 Å². The number of amides is 1. The van der Waals surface area contributed by atoms with E-state index in [-0.39, 0.29) is 6.04 Å². The molecule has 1 amide bonds. The summed E-state index contributed by atoms with van der Waals surface area (Å²) in [6.07, 6.45) is 2.84. The summed E-state index contributed by atoms with van der Waals surface area (Å²) < 4.78 is 6.11. The summed E-state index contributed by atoms with van der Waals surface area (Å²) in [7, 11) is 0. The summed E-state index contributed by atoms with van der Waals surface area (Å²) in [5.41, 5.74) is 1.79. The lowest BCUT2D eigenvalue weighted by Gasteiger charge is -2.13. The largest absolute Gasteiger partial charge is 0.415 e. The normalized spacial score (nSPS) is 12.0. The number of pyridine rings is 1. The van der Waals surface area contributed by atoms with Gasteiger partial charge in [-0.3, -0.25) is 4.98 Å². The number of rotatable bonds is 3. The van der Waals surface area contributed by atoms with E-state index >= 15 is 0 Å². The van der Waals surface area contributed by atoms with E-state index in [1.165, 1.54) is 11.3 Å². The van der Waals surface area contributed by atoms with Gasteiger partial charge in [-0.25, -0.2) is 9.78 Å². The molecule has 3 rings (SSSR count). The predicted molar refractivity (Wildman–Crippen MR) is 81.4 cm³/mol. The maximum atomic E-state index is 11.9. The molecule has 0 saturated heterocycles. The second-order valence-electron chi connectivity index (χ2n) is 4.49. The standard InChI is InChI=1S/C15H13N3O2S/c1-10(11-5-3-2-4-6-11)17-14(19)20-15-18-12-7-8-16-9-13(12)21-15/h2-10H,1H3,(H,17,19)/t10-/m1/s1. The molecule has 2 aromatic heterocycles. The van der Waals surface area contributed by atoms with Crippen molar-refractivity contribution in [3.8, 4) is 5.19 Å². The fraction of sp³-hybridized carbons (Fsp3) is 0.133. The molecule has 0 radical (unpaired) electrons. The molecule has 0 bridgehead atoms. The molecule has 1 N–H and O–H groups in total. The third-order valence-corrected chi connectivity index (χ3v) is 3.87. The number of nitrogens with one attached hydrogen (secondary N) is 1. The van der Waals surface area contributed by atoms with Gasteiger partial charge in [0, 0.05) is 12.4 Å². The Hall–Kier alpha value is -2.47. The fourth-order valence-corrected chi connectivity index (χ4v) is 2.69. The first-order valence-electron chi connectivity index (χ1n) is 6.46. The van der Waals surface area contributed by atoms with Crippen LogP contribution in [0.3, 0.4) is 0 Å². The van der Waals surface area contributed by atoms with E-state index in [1.807, 2.05) is 37.3 Å². The SMILES string of the molecule is C[C@@H](NC(=O)Oc1nc2ccncc2s1)c1ccccc1. The predicted octanol–water partition coefficient (Wildman–Crippen LogP) is 3.54. The number of aromatic nitrogens is 2. The van der Waals surface area contributed by atoms with Gasteiger partial charge in [0.1, 0.15) is 0 Å². The van der Waals surface area contributed by atoms with Crippen molar-refractivity contribution < 1.29 is 9.53 Å². The van der Waals surface area contributed by atoms with Crippen LogP contribution in [0.5, 0.6) is 5.19 Å². The highest BCUT2D eigenvalue weighted by Gasteiger charge is 2.13. The number of carbonyl (C=O) groups is 1. The molecule has 0 unspecified atom stereocenters. The number of nitrogens with zero attached hydrogens (tertiary/aromatic N) is 2. The number of thiazole rings is 1. The van der Waals surface area contributed by atoms with E-state index in [9.17, 15) is 4.79 Å². The van der Waals surface area contributed by atoms with Crippen LogP contribution in [0.4, 0.5) is 4.79 Å². The first kappa shape index (κ1) is 13.5. The Morgan fingerprint density at radius 1 is 1.29 bits per heavy atom. The maximum absolute atomic E-state index is 11.9. The molecule has 3 aromatic rings. The summed E-state index contributed by atoms with van der Waals surface area (Å²) in [5.74, 6) is 0. The third-order valence-electron chi connectivity index (χ3n) is 2.99. The molecule has 21 heavy (non-hydrogen) atoms. The fourth-order valence-electron chi connectivity index (χ4n) is 1.91. The van der Waals surface area contributed by atoms with Gasteiger partial charge in [0.25, 0.3) is 5.19 Å². The van der Waals surface area contributed by atoms with E-state index < -0.39 is 6.09 Å². The lowest BCUT2D eigenvalue weighted by molar-refractivity contribution is 0.197. The summed E-state index contributed by atoms with van der Waals surface area (Å²) in [5, 5.41) is 3.09. The summed E-state index contributed by atoms with van der Waals surface area (Å²) >= 11 is 1.29. The van der Waals surface area contributed by atoms with Crippen molar-refractivity contribution in [3.05, 3.63) is 54.4 Å². The van der Waals surface area contributed by atoms with E-state index in [0.29, 0.717) is 5.19 Å². The second kappa shape index (κ2) is 5.88. The Bertz CT molecular complexity index is 725. The van der Waals surface area contributed by atoms with Gasteiger partial charge in [-0.15, -0.1) is 0 Å². The van der Waals surface area contributed by atoms with Gasteiger partial charge in [-0.1, -0.05) is 41.7 Å². The van der Waals surface area contributed by atoms with Crippen molar-refractivity contribution in [1.82, 2.24) is 15.3 Å². The van der Waals surface area contributed by atoms with Crippen molar-refractivity contribution >= 4 is 27.6 Å². The Balaban J connectivity index is 1.66. The van der Waals surface area contributed by atoms with Gasteiger partial charge in [-0.05, 0) is 18.6 Å². The van der Waals surface area contributed by atoms with E-state index in [0.717, 1.165) is 15.8 Å². The summed E-state index contributed by atoms with van der Waals surface area (Å²) in [6.45, 7) is 1.90. The summed E-state index contributed by atoms with van der Waals surface area (Å²) in [6, 6.07) is 11.4. The van der Waals surface area contributed by atoms with E-state index in [4.69, 9.17) is 4.74 Å². The zero-order valence-electron chi connectivity index (χ0n) is 11.3. The zero-order valence-corrected chi connectivity index (χ0v) is 12.1. The van der Waals surface area contributed by atoms with Crippen LogP contribution in [0.2, 0.25) is 0 Å². The lowest BCUT2D eigenvalue weighted by atomic mass is 10.1. The number of hydrogen-bond donors (Lipinski definition) is 1. The van der Waals surface area contributed by atoms with Gasteiger partial charge < -0.3 is 10.1 Å². The number of carbonyl (C=O) groups excluding carboxylic acids is 1. The molecule has 0 fully saturated rings. The Labute approximate surface area is 125 Å². The van der Waals surface area contributed by atoms with Gasteiger partial charge in [0.15, 0.2) is 0 Å². The molecule has 106 valence electrons. The average Bonchev–Trinajstić information content (AvgIpc) is 2.90. The molecule has 2 heterocycles. The van der Waals surface area contributed by atoms with Crippen molar-refractivity contribution in [2.75, 3.05) is 0 Å². The highest BCUT2D eigenvalue weighted by Crippen LogP contribution is 2.26. The molecule has 0 spiro atoms. The second-order valence-corrected chi connectivity index (χ2v) is 5.48. The topological polar surface area (TPSA) is 64.1 Å². The molecular weight excluding hydrogens is 286 g/mol. The molecule has 1 atom stereocenters. The first-order chi connectivity index (χ1) is 10.2. The van der Waals surface area contributed by atoms with Crippen molar-refractivity contribution in [2.24, 2.45) is 0 Å². The lowest BCUT2D eigenvalue weighted by Crippen LogP contribution is -2.29. The van der Waals surface area contributed by atoms with Crippen LogP contribution in [-0.2, 0) is 0 Å². The first-order valence-corrected chi connectivity index (χ1v) is 7.28. The van der Waals surface area contributed by atoms with Gasteiger partial charge in [-0.2, -0.15) is 0 Å². The minimum atomic E-state index is -0.515. The van der Waals surface area contributed by atoms with Gasteiger partial charge in [0.2, 0.25) is 0 Å². The maximum Gasteiger partial charge on any atom is 0.415 e.